The van der Waals surface area contributed by atoms with Crippen molar-refractivity contribution in [2.24, 2.45) is 0 Å². The molecule has 9 heteroatoms. The quantitative estimate of drug-likeness (QED) is 0.0359. The lowest BCUT2D eigenvalue weighted by atomic mass is 9.91. The van der Waals surface area contributed by atoms with Gasteiger partial charge in [-0.25, -0.2) is 5.06 Å². The summed E-state index contributed by atoms with van der Waals surface area (Å²) >= 11 is 0. The van der Waals surface area contributed by atoms with Crippen LogP contribution in [-0.4, -0.2) is 41.2 Å². The molecule has 0 saturated heterocycles. The number of nitrogens with zero attached hydrogens (tertiary/aromatic N) is 3. The molecule has 9 nitrogen and oxygen atoms in total. The van der Waals surface area contributed by atoms with E-state index in [4.69, 9.17) is 14.2 Å². The van der Waals surface area contributed by atoms with Crippen LogP contribution in [-0.2, 0) is 5.21 Å². The molecular weight excluding hydrogens is 715 g/mol. The smallest absolute Gasteiger partial charge is 0.298 e. The van der Waals surface area contributed by atoms with Crippen LogP contribution in [0.15, 0.2) is 36.4 Å². The Labute approximate surface area is 343 Å². The maximum absolute atomic E-state index is 14.2. The summed E-state index contributed by atoms with van der Waals surface area (Å²) in [5.74, 6) is 1.50. The summed E-state index contributed by atoms with van der Waals surface area (Å²) in [4.78, 5) is 14.2. The second-order valence-corrected chi connectivity index (χ2v) is 18.7. The van der Waals surface area contributed by atoms with E-state index in [0.717, 1.165) is 124 Å². The van der Waals surface area contributed by atoms with E-state index in [9.17, 15) is 15.3 Å². The Morgan fingerprint density at radius 1 is 0.509 bits per heavy atom. The first kappa shape index (κ1) is 45.9. The van der Waals surface area contributed by atoms with Crippen LogP contribution in [0.5, 0.6) is 17.2 Å². The van der Waals surface area contributed by atoms with Crippen LogP contribution >= 0.6 is 0 Å². The molecule has 0 amide bonds. The van der Waals surface area contributed by atoms with Gasteiger partial charge < -0.3 is 24.5 Å². The molecule has 57 heavy (non-hydrogen) atoms. The van der Waals surface area contributed by atoms with Crippen LogP contribution in [0.1, 0.15) is 160 Å². The zero-order valence-corrected chi connectivity index (χ0v) is 37.4. The minimum Gasteiger partial charge on any atom is -0.758 e. The van der Waals surface area contributed by atoms with Gasteiger partial charge in [-0.1, -0.05) is 83.8 Å². The van der Waals surface area contributed by atoms with Gasteiger partial charge in [-0.2, -0.15) is 0 Å². The van der Waals surface area contributed by atoms with Crippen molar-refractivity contribution in [3.63, 3.8) is 0 Å². The highest BCUT2D eigenvalue weighted by molar-refractivity contribution is 6.27. The Morgan fingerprint density at radius 2 is 0.877 bits per heavy atom. The van der Waals surface area contributed by atoms with Crippen molar-refractivity contribution in [3.05, 3.63) is 46.5 Å². The van der Waals surface area contributed by atoms with E-state index in [1.54, 1.807) is 0 Å². The zero-order valence-electron chi connectivity index (χ0n) is 37.4. The predicted octanol–water partition coefficient (Wildman–Crippen LogP) is 14.3. The van der Waals surface area contributed by atoms with Crippen molar-refractivity contribution < 1.29 is 24.2 Å². The lowest BCUT2D eigenvalue weighted by molar-refractivity contribution is -0.540. The van der Waals surface area contributed by atoms with E-state index in [2.05, 4.69) is 20.8 Å². The fraction of sp³-hybridized carbons (Fsp3) is 0.625. The third kappa shape index (κ3) is 11.4. The fourth-order valence-electron chi connectivity index (χ4n) is 7.08. The number of anilines is 2. The van der Waals surface area contributed by atoms with Gasteiger partial charge in [-0.3, -0.25) is 0 Å². The van der Waals surface area contributed by atoms with Gasteiger partial charge in [0.05, 0.1) is 31.0 Å². The van der Waals surface area contributed by atoms with Crippen molar-refractivity contribution in [2.75, 3.05) is 29.9 Å². The summed E-state index contributed by atoms with van der Waals surface area (Å²) in [6.45, 7) is 25.0. The first-order valence-electron chi connectivity index (χ1n) is 21.7. The van der Waals surface area contributed by atoms with Gasteiger partial charge in [0, 0.05) is 42.0 Å². The SMILES string of the molecule is CCCCCCOc1cc2c(cc1N([O])C(C)(C)C)c1cc(OCCCCCC)c([N+](=O)C(C)(C)C)cc1c1cc(OCCCCCC)c(N([O-])C(C)(C)C)cc21. The lowest BCUT2D eigenvalue weighted by Crippen LogP contribution is -2.37. The van der Waals surface area contributed by atoms with Crippen LogP contribution in [0.3, 0.4) is 0 Å². The second-order valence-electron chi connectivity index (χ2n) is 18.7. The molecule has 1 radical (unpaired) electrons. The zero-order chi connectivity index (χ0) is 42.1. The highest BCUT2D eigenvalue weighted by atomic mass is 16.5. The molecule has 0 unspecified atom stereocenters. The van der Waals surface area contributed by atoms with E-state index < -0.39 is 16.6 Å². The van der Waals surface area contributed by atoms with Crippen molar-refractivity contribution in [1.82, 2.24) is 0 Å². The standard InChI is InChI=1S/C48H72N3O6/c1-13-16-19-22-25-55-43-31-37-34(28-40(43)49(52)46(4,5)6)38-32-44(56-26-23-20-17-14-2)42(51(54)48(10,11)12)30-36(38)39-33-45(57-27-24-21-18-15-3)41(29-35(37)39)50(53)47(7,8)9/h28-33H,13-27H2,1-12H3. The summed E-state index contributed by atoms with van der Waals surface area (Å²) in [5.41, 5.74) is -0.937. The molecular formula is C48H72N3O6. The van der Waals surface area contributed by atoms with Gasteiger partial charge in [0.15, 0.2) is 5.75 Å². The van der Waals surface area contributed by atoms with Crippen LogP contribution < -0.4 is 24.3 Å². The molecule has 0 N–H and O–H groups in total. The minimum atomic E-state index is -0.747. The number of hydroxylamine groups is 2. The van der Waals surface area contributed by atoms with Gasteiger partial charge in [0.2, 0.25) is 5.54 Å². The number of hydrogen-bond donors (Lipinski definition) is 0. The molecule has 0 fully saturated rings. The Hall–Kier alpha value is -3.82. The number of ether oxygens (including phenoxy) is 3. The molecule has 4 aromatic carbocycles. The lowest BCUT2D eigenvalue weighted by Gasteiger charge is -2.44. The number of rotatable bonds is 21. The van der Waals surface area contributed by atoms with Gasteiger partial charge in [0.25, 0.3) is 5.69 Å². The second kappa shape index (κ2) is 19.8. The van der Waals surface area contributed by atoms with Gasteiger partial charge in [-0.05, 0) is 123 Å². The Kier molecular flexibility index (Phi) is 15.9. The average Bonchev–Trinajstić information content (AvgIpc) is 3.15. The molecule has 0 saturated carbocycles. The number of nitroso groups, excluding NO2 is 1. The Bertz CT molecular complexity index is 1900. The van der Waals surface area contributed by atoms with Crippen molar-refractivity contribution in [2.45, 2.75) is 177 Å². The van der Waals surface area contributed by atoms with E-state index >= 15 is 0 Å². The predicted molar refractivity (Wildman–Crippen MR) is 239 cm³/mol. The van der Waals surface area contributed by atoms with Gasteiger partial charge in [0.1, 0.15) is 17.2 Å². The van der Waals surface area contributed by atoms with Gasteiger partial charge in [-0.15, -0.1) is 0 Å². The van der Waals surface area contributed by atoms with Crippen LogP contribution in [0.4, 0.5) is 17.1 Å². The minimum absolute atomic E-state index is 0.435. The molecule has 0 aliphatic heterocycles. The summed E-state index contributed by atoms with van der Waals surface area (Å²) in [6.07, 6.45) is 12.4. The topological polar surface area (TPSA) is 97.2 Å². The van der Waals surface area contributed by atoms with Crippen molar-refractivity contribution in [1.29, 1.82) is 0 Å². The molecule has 4 aromatic rings. The van der Waals surface area contributed by atoms with Crippen molar-refractivity contribution >= 4 is 49.4 Å². The first-order chi connectivity index (χ1) is 26.8. The number of benzene rings is 4. The molecule has 0 aliphatic rings. The average molecular weight is 787 g/mol. The van der Waals surface area contributed by atoms with Crippen LogP contribution in [0.25, 0.3) is 32.3 Å². The number of hydrogen-bond acceptors (Lipinski definition) is 7. The maximum Gasteiger partial charge on any atom is 0.298 e. The number of unbranched alkanes of at least 4 members (excludes halogenated alkanes) is 9. The van der Waals surface area contributed by atoms with E-state index in [-0.39, 0.29) is 0 Å². The fourth-order valence-corrected chi connectivity index (χ4v) is 7.08. The van der Waals surface area contributed by atoms with E-state index in [1.165, 1.54) is 0 Å². The molecule has 0 aliphatic carbocycles. The van der Waals surface area contributed by atoms with Crippen LogP contribution in [0.2, 0.25) is 0 Å². The molecule has 0 spiro atoms. The number of fused-ring (bicyclic) bond motifs is 6. The van der Waals surface area contributed by atoms with Crippen LogP contribution in [0, 0.1) is 10.1 Å². The van der Waals surface area contributed by atoms with Crippen molar-refractivity contribution in [3.8, 4) is 17.2 Å². The van der Waals surface area contributed by atoms with E-state index in [0.29, 0.717) is 54.1 Å². The molecule has 0 bridgehead atoms. The third-order valence-electron chi connectivity index (χ3n) is 10.4. The van der Waals surface area contributed by atoms with E-state index in [1.807, 2.05) is 98.7 Å². The molecule has 0 atom stereocenters. The molecule has 315 valence electrons. The Morgan fingerprint density at radius 3 is 1.28 bits per heavy atom. The highest BCUT2D eigenvalue weighted by Crippen LogP contribution is 2.48. The summed E-state index contributed by atoms with van der Waals surface area (Å²) in [7, 11) is 0. The Balaban J connectivity index is 2.16. The molecule has 4 rings (SSSR count). The first-order valence-corrected chi connectivity index (χ1v) is 21.7. The largest absolute Gasteiger partial charge is 0.758 e. The third-order valence-corrected chi connectivity index (χ3v) is 10.4. The maximum atomic E-state index is 14.2. The monoisotopic (exact) mass is 787 g/mol. The summed E-state index contributed by atoms with van der Waals surface area (Å²) in [5, 5.41) is 35.3. The molecule has 0 aromatic heterocycles. The summed E-state index contributed by atoms with van der Waals surface area (Å²) in [6, 6.07) is 11.7. The summed E-state index contributed by atoms with van der Waals surface area (Å²) < 4.78 is 20.5. The van der Waals surface area contributed by atoms with Gasteiger partial charge >= 0.3 is 0 Å². The highest BCUT2D eigenvalue weighted by Gasteiger charge is 2.36. The molecule has 0 heterocycles. The normalized spacial score (nSPS) is 12.5.